The molecule has 1 aliphatic carbocycles. The number of anilines is 1. The summed E-state index contributed by atoms with van der Waals surface area (Å²) in [6, 6.07) is 9.80. The maximum atomic E-state index is 11.0. The van der Waals surface area contributed by atoms with Crippen LogP contribution in [0.1, 0.15) is 37.7 Å². The maximum Gasteiger partial charge on any atom is 0.306 e. The summed E-state index contributed by atoms with van der Waals surface area (Å²) in [5, 5.41) is 23.1. The largest absolute Gasteiger partial charge is 0.481 e. The van der Waals surface area contributed by atoms with E-state index in [2.05, 4.69) is 27.1 Å². The molecule has 1 aromatic carbocycles. The minimum Gasteiger partial charge on any atom is -0.481 e. The van der Waals surface area contributed by atoms with Crippen LogP contribution in [0, 0.1) is 23.2 Å². The number of carboxylic acids is 1. The average Bonchev–Trinajstić information content (AvgIpc) is 2.96. The summed E-state index contributed by atoms with van der Waals surface area (Å²) >= 11 is 3.40. The number of aryl methyl sites for hydroxylation is 1. The Balaban J connectivity index is 1.70. The van der Waals surface area contributed by atoms with Gasteiger partial charge < -0.3 is 10.8 Å². The zero-order valence-corrected chi connectivity index (χ0v) is 15.9. The van der Waals surface area contributed by atoms with Crippen molar-refractivity contribution in [1.82, 2.24) is 9.78 Å². The number of aromatic nitrogens is 2. The van der Waals surface area contributed by atoms with Crippen LogP contribution in [-0.2, 0) is 11.3 Å². The monoisotopic (exact) mass is 416 g/mol. The lowest BCUT2D eigenvalue weighted by Gasteiger charge is -2.26. The second kappa shape index (κ2) is 7.92. The van der Waals surface area contributed by atoms with E-state index in [0.717, 1.165) is 42.1 Å². The van der Waals surface area contributed by atoms with Gasteiger partial charge >= 0.3 is 5.97 Å². The molecule has 0 aliphatic heterocycles. The van der Waals surface area contributed by atoms with Gasteiger partial charge in [-0.05, 0) is 50.2 Å². The van der Waals surface area contributed by atoms with Crippen molar-refractivity contribution in [2.24, 2.45) is 11.8 Å². The van der Waals surface area contributed by atoms with Crippen LogP contribution in [0.5, 0.6) is 0 Å². The minimum absolute atomic E-state index is 0.199. The van der Waals surface area contributed by atoms with E-state index >= 15 is 0 Å². The van der Waals surface area contributed by atoms with Gasteiger partial charge in [-0.3, -0.25) is 4.79 Å². The van der Waals surface area contributed by atoms with Crippen LogP contribution in [-0.4, -0.2) is 20.9 Å². The molecule has 0 amide bonds. The fraction of sp³-hybridized carbons (Fsp3) is 0.421. The molecule has 1 aromatic heterocycles. The lowest BCUT2D eigenvalue weighted by atomic mass is 9.80. The molecule has 1 heterocycles. The number of hydrogen-bond acceptors (Lipinski definition) is 4. The van der Waals surface area contributed by atoms with Crippen LogP contribution in [0.3, 0.4) is 0 Å². The molecule has 3 rings (SSSR count). The van der Waals surface area contributed by atoms with E-state index in [0.29, 0.717) is 29.5 Å². The first-order valence-electron chi connectivity index (χ1n) is 8.74. The molecule has 0 radical (unpaired) electrons. The molecule has 2 aromatic rings. The molecule has 1 fully saturated rings. The molecule has 6 nitrogen and oxygen atoms in total. The third kappa shape index (κ3) is 3.91. The van der Waals surface area contributed by atoms with Gasteiger partial charge in [-0.2, -0.15) is 10.4 Å². The van der Waals surface area contributed by atoms with Crippen molar-refractivity contribution in [1.29, 1.82) is 5.26 Å². The van der Waals surface area contributed by atoms with E-state index in [9.17, 15) is 10.1 Å². The minimum atomic E-state index is -0.683. The van der Waals surface area contributed by atoms with Crippen LogP contribution in [0.4, 0.5) is 5.82 Å². The predicted molar refractivity (Wildman–Crippen MR) is 102 cm³/mol. The fourth-order valence-electron chi connectivity index (χ4n) is 3.57. The summed E-state index contributed by atoms with van der Waals surface area (Å²) in [7, 11) is 0. The molecule has 0 atom stereocenters. The predicted octanol–water partition coefficient (Wildman–Crippen LogP) is 4.05. The number of nitrogens with two attached hydrogens (primary N) is 1. The third-order valence-corrected chi connectivity index (χ3v) is 5.70. The quantitative estimate of drug-likeness (QED) is 0.764. The molecule has 0 spiro atoms. The lowest BCUT2D eigenvalue weighted by molar-refractivity contribution is -0.143. The first-order chi connectivity index (χ1) is 12.5. The molecule has 0 saturated heterocycles. The summed E-state index contributed by atoms with van der Waals surface area (Å²) in [6.07, 6.45) is 4.21. The van der Waals surface area contributed by atoms with E-state index in [1.54, 1.807) is 4.68 Å². The number of rotatable bonds is 5. The number of aliphatic carboxylic acids is 1. The van der Waals surface area contributed by atoms with Gasteiger partial charge in [0.2, 0.25) is 0 Å². The number of hydrogen-bond donors (Lipinski definition) is 2. The summed E-state index contributed by atoms with van der Waals surface area (Å²) in [5.74, 6) is -0.00620. The van der Waals surface area contributed by atoms with Crippen LogP contribution in [0.25, 0.3) is 11.3 Å². The smallest absolute Gasteiger partial charge is 0.306 e. The van der Waals surface area contributed by atoms with Gasteiger partial charge in [-0.25, -0.2) is 4.68 Å². The number of carboxylic acid groups (broad SMARTS) is 1. The Bertz CT molecular complexity index is 830. The van der Waals surface area contributed by atoms with E-state index in [4.69, 9.17) is 10.8 Å². The molecule has 0 bridgehead atoms. The van der Waals surface area contributed by atoms with Crippen LogP contribution >= 0.6 is 15.9 Å². The summed E-state index contributed by atoms with van der Waals surface area (Å²) in [4.78, 5) is 11.0. The topological polar surface area (TPSA) is 105 Å². The zero-order chi connectivity index (χ0) is 18.7. The summed E-state index contributed by atoms with van der Waals surface area (Å²) < 4.78 is 2.67. The molecule has 26 heavy (non-hydrogen) atoms. The third-order valence-electron chi connectivity index (χ3n) is 5.17. The lowest BCUT2D eigenvalue weighted by Crippen LogP contribution is -2.22. The van der Waals surface area contributed by atoms with Crippen molar-refractivity contribution in [3.8, 4) is 17.3 Å². The molecule has 3 N–H and O–H groups in total. The maximum absolute atomic E-state index is 11.0. The fourth-order valence-corrected chi connectivity index (χ4v) is 3.83. The number of nitriles is 1. The summed E-state index contributed by atoms with van der Waals surface area (Å²) in [6.45, 7) is 0.638. The Hall–Kier alpha value is -2.33. The van der Waals surface area contributed by atoms with Crippen LogP contribution < -0.4 is 5.73 Å². The number of benzene rings is 1. The highest BCUT2D eigenvalue weighted by atomic mass is 79.9. The van der Waals surface area contributed by atoms with E-state index in [1.165, 1.54) is 0 Å². The molecular weight excluding hydrogens is 396 g/mol. The van der Waals surface area contributed by atoms with E-state index in [-0.39, 0.29) is 5.92 Å². The number of carbonyl (C=O) groups is 1. The molecule has 1 saturated carbocycles. The van der Waals surface area contributed by atoms with Crippen molar-refractivity contribution in [3.05, 3.63) is 34.3 Å². The average molecular weight is 417 g/mol. The Labute approximate surface area is 160 Å². The Morgan fingerprint density at radius 3 is 2.54 bits per heavy atom. The summed E-state index contributed by atoms with van der Waals surface area (Å²) in [5.41, 5.74) is 8.02. The van der Waals surface area contributed by atoms with Crippen molar-refractivity contribution in [2.75, 3.05) is 5.73 Å². The number of nitrogen functional groups attached to an aromatic ring is 1. The standard InChI is InChI=1S/C19H21BrN4O2/c20-15-7-5-13(6-8-15)17-16(11-21)18(22)24(23-17)10-9-12-1-3-14(4-2-12)19(25)26/h5-8,12,14H,1-4,9-10,22H2,(H,25,26). The van der Waals surface area contributed by atoms with E-state index in [1.807, 2.05) is 24.3 Å². The number of nitrogens with zero attached hydrogens (tertiary/aromatic N) is 3. The van der Waals surface area contributed by atoms with Gasteiger partial charge in [0.25, 0.3) is 0 Å². The Kier molecular flexibility index (Phi) is 5.62. The first kappa shape index (κ1) is 18.5. The van der Waals surface area contributed by atoms with Crippen molar-refractivity contribution >= 4 is 27.7 Å². The molecular formula is C19H21BrN4O2. The van der Waals surface area contributed by atoms with Gasteiger partial charge in [0.05, 0.1) is 5.92 Å². The highest BCUT2D eigenvalue weighted by Gasteiger charge is 2.26. The number of halogens is 1. The highest BCUT2D eigenvalue weighted by Crippen LogP contribution is 2.32. The Morgan fingerprint density at radius 1 is 1.31 bits per heavy atom. The van der Waals surface area contributed by atoms with Gasteiger partial charge in [0.15, 0.2) is 0 Å². The van der Waals surface area contributed by atoms with Crippen molar-refractivity contribution in [2.45, 2.75) is 38.6 Å². The van der Waals surface area contributed by atoms with Crippen molar-refractivity contribution in [3.63, 3.8) is 0 Å². The van der Waals surface area contributed by atoms with Crippen LogP contribution in [0.2, 0.25) is 0 Å². The second-order valence-electron chi connectivity index (χ2n) is 6.80. The zero-order valence-electron chi connectivity index (χ0n) is 14.4. The van der Waals surface area contributed by atoms with Gasteiger partial charge in [-0.15, -0.1) is 0 Å². The molecule has 7 heteroatoms. The first-order valence-corrected chi connectivity index (χ1v) is 9.54. The Morgan fingerprint density at radius 2 is 1.96 bits per heavy atom. The second-order valence-corrected chi connectivity index (χ2v) is 7.71. The highest BCUT2D eigenvalue weighted by molar-refractivity contribution is 9.10. The SMILES string of the molecule is N#Cc1c(-c2ccc(Br)cc2)nn(CCC2CCC(C(=O)O)CC2)c1N. The van der Waals surface area contributed by atoms with Crippen molar-refractivity contribution < 1.29 is 9.90 Å². The van der Waals surface area contributed by atoms with Gasteiger partial charge in [0.1, 0.15) is 23.1 Å². The molecule has 0 unspecified atom stereocenters. The van der Waals surface area contributed by atoms with Gasteiger partial charge in [0, 0.05) is 16.6 Å². The normalized spacial score (nSPS) is 19.8. The molecule has 1 aliphatic rings. The molecule has 136 valence electrons. The van der Waals surface area contributed by atoms with Gasteiger partial charge in [-0.1, -0.05) is 28.1 Å². The van der Waals surface area contributed by atoms with E-state index < -0.39 is 5.97 Å². The van der Waals surface area contributed by atoms with Crippen LogP contribution in [0.15, 0.2) is 28.7 Å².